The third-order valence-electron chi connectivity index (χ3n) is 6.42. The number of carboxylic acid groups (broad SMARTS) is 1. The summed E-state index contributed by atoms with van der Waals surface area (Å²) in [5, 5.41) is 14.2. The average Bonchev–Trinajstić information content (AvgIpc) is 3.29. The highest BCUT2D eigenvalue weighted by atomic mass is 16.4. The molecule has 0 unspecified atom stereocenters. The molecule has 6 heteroatoms. The van der Waals surface area contributed by atoms with Crippen molar-refractivity contribution in [3.63, 3.8) is 0 Å². The molecule has 2 aliphatic rings. The third kappa shape index (κ3) is 2.66. The number of benzene rings is 1. The van der Waals surface area contributed by atoms with E-state index in [0.29, 0.717) is 25.1 Å². The van der Waals surface area contributed by atoms with Crippen LogP contribution in [0.25, 0.3) is 5.69 Å². The van der Waals surface area contributed by atoms with E-state index in [1.54, 1.807) is 15.8 Å². The molecule has 1 aliphatic carbocycles. The first-order valence-electron chi connectivity index (χ1n) is 9.48. The first-order valence-corrected chi connectivity index (χ1v) is 9.48. The standard InChI is InChI=1S/C21H25N3O3/c1-13-6-7-14(2)18(9-13)24-15(3)17(10-22-24)19(25)23-11-16-5-4-8-21(16,12-23)20(26)27/h6-7,9-10,16H,4-5,8,11-12H2,1-3H3,(H,26,27)/t16-,21+/m0/s1. The lowest BCUT2D eigenvalue weighted by molar-refractivity contribution is -0.149. The minimum Gasteiger partial charge on any atom is -0.481 e. The van der Waals surface area contributed by atoms with Gasteiger partial charge in [0.05, 0.1) is 28.6 Å². The quantitative estimate of drug-likeness (QED) is 0.904. The van der Waals surface area contributed by atoms with Crippen molar-refractivity contribution in [3.05, 3.63) is 46.8 Å². The Labute approximate surface area is 158 Å². The first-order chi connectivity index (χ1) is 12.8. The summed E-state index contributed by atoms with van der Waals surface area (Å²) in [6.45, 7) is 6.78. The van der Waals surface area contributed by atoms with Gasteiger partial charge in [-0.1, -0.05) is 18.6 Å². The van der Waals surface area contributed by atoms with Gasteiger partial charge in [-0.25, -0.2) is 4.68 Å². The zero-order valence-corrected chi connectivity index (χ0v) is 16.0. The largest absolute Gasteiger partial charge is 0.481 e. The molecule has 1 amide bonds. The van der Waals surface area contributed by atoms with Crippen LogP contribution in [0.1, 0.15) is 46.4 Å². The Morgan fingerprint density at radius 1 is 1.26 bits per heavy atom. The lowest BCUT2D eigenvalue weighted by atomic mass is 9.81. The van der Waals surface area contributed by atoms with E-state index in [0.717, 1.165) is 35.3 Å². The van der Waals surface area contributed by atoms with Crippen LogP contribution in [0.4, 0.5) is 0 Å². The van der Waals surface area contributed by atoms with Crippen molar-refractivity contribution >= 4 is 11.9 Å². The van der Waals surface area contributed by atoms with Crippen molar-refractivity contribution in [2.75, 3.05) is 13.1 Å². The number of aliphatic carboxylic acids is 1. The molecular weight excluding hydrogens is 342 g/mol. The molecule has 2 fully saturated rings. The predicted molar refractivity (Wildman–Crippen MR) is 101 cm³/mol. The zero-order chi connectivity index (χ0) is 19.3. The van der Waals surface area contributed by atoms with E-state index in [-0.39, 0.29) is 11.8 Å². The smallest absolute Gasteiger partial charge is 0.311 e. The lowest BCUT2D eigenvalue weighted by Gasteiger charge is -2.23. The Morgan fingerprint density at radius 3 is 2.74 bits per heavy atom. The summed E-state index contributed by atoms with van der Waals surface area (Å²) in [7, 11) is 0. The van der Waals surface area contributed by atoms with E-state index < -0.39 is 11.4 Å². The van der Waals surface area contributed by atoms with E-state index >= 15 is 0 Å². The predicted octanol–water partition coefficient (Wildman–Crippen LogP) is 3.12. The van der Waals surface area contributed by atoms with Gasteiger partial charge < -0.3 is 10.0 Å². The van der Waals surface area contributed by atoms with Crippen molar-refractivity contribution in [1.82, 2.24) is 14.7 Å². The summed E-state index contributed by atoms with van der Waals surface area (Å²) in [4.78, 5) is 26.7. The molecule has 2 atom stereocenters. The van der Waals surface area contributed by atoms with E-state index in [1.807, 2.05) is 26.8 Å². The molecular formula is C21H25N3O3. The molecule has 1 aromatic carbocycles. The monoisotopic (exact) mass is 367 g/mol. The van der Waals surface area contributed by atoms with E-state index in [9.17, 15) is 14.7 Å². The summed E-state index contributed by atoms with van der Waals surface area (Å²) in [6.07, 6.45) is 4.10. The van der Waals surface area contributed by atoms with Crippen LogP contribution in [0.2, 0.25) is 0 Å². The lowest BCUT2D eigenvalue weighted by Crippen LogP contribution is -2.37. The van der Waals surface area contributed by atoms with E-state index in [1.165, 1.54) is 0 Å². The molecule has 0 radical (unpaired) electrons. The highest BCUT2D eigenvalue weighted by molar-refractivity contribution is 5.96. The molecule has 1 aromatic heterocycles. The number of carbonyl (C=O) groups is 2. The molecule has 6 nitrogen and oxygen atoms in total. The van der Waals surface area contributed by atoms with Crippen molar-refractivity contribution in [2.45, 2.75) is 40.0 Å². The number of rotatable bonds is 3. The maximum atomic E-state index is 13.1. The van der Waals surface area contributed by atoms with Crippen molar-refractivity contribution in [2.24, 2.45) is 11.3 Å². The normalized spacial score (nSPS) is 24.3. The van der Waals surface area contributed by atoms with Crippen LogP contribution in [0.3, 0.4) is 0 Å². The number of hydrogen-bond donors (Lipinski definition) is 1. The summed E-state index contributed by atoms with van der Waals surface area (Å²) >= 11 is 0. The van der Waals surface area contributed by atoms with Crippen molar-refractivity contribution in [1.29, 1.82) is 0 Å². The fraction of sp³-hybridized carbons (Fsp3) is 0.476. The molecule has 1 saturated heterocycles. The maximum Gasteiger partial charge on any atom is 0.311 e. The Balaban J connectivity index is 1.64. The van der Waals surface area contributed by atoms with Gasteiger partial charge in [-0.3, -0.25) is 9.59 Å². The van der Waals surface area contributed by atoms with Gasteiger partial charge in [0, 0.05) is 13.1 Å². The molecule has 0 spiro atoms. The van der Waals surface area contributed by atoms with Crippen molar-refractivity contribution in [3.8, 4) is 5.69 Å². The van der Waals surface area contributed by atoms with Gasteiger partial charge in [-0.15, -0.1) is 0 Å². The second-order valence-electron chi connectivity index (χ2n) is 8.08. The molecule has 1 aliphatic heterocycles. The number of likely N-dealkylation sites (tertiary alicyclic amines) is 1. The second kappa shape index (κ2) is 6.22. The number of fused-ring (bicyclic) bond motifs is 1. The van der Waals surface area contributed by atoms with Gasteiger partial charge in [-0.05, 0) is 56.7 Å². The van der Waals surface area contributed by atoms with Crippen molar-refractivity contribution < 1.29 is 14.7 Å². The molecule has 0 bridgehead atoms. The van der Waals surface area contributed by atoms with Crippen LogP contribution in [0.5, 0.6) is 0 Å². The Kier molecular flexibility index (Phi) is 4.09. The van der Waals surface area contributed by atoms with Crippen LogP contribution >= 0.6 is 0 Å². The fourth-order valence-corrected chi connectivity index (χ4v) is 4.77. The minimum absolute atomic E-state index is 0.0633. The molecule has 1 saturated carbocycles. The molecule has 142 valence electrons. The summed E-state index contributed by atoms with van der Waals surface area (Å²) in [5.41, 5.74) is 3.77. The Bertz CT molecular complexity index is 933. The molecule has 2 aromatic rings. The topological polar surface area (TPSA) is 75.4 Å². The van der Waals surface area contributed by atoms with Crippen LogP contribution in [0.15, 0.2) is 24.4 Å². The molecule has 4 rings (SSSR count). The summed E-state index contributed by atoms with van der Waals surface area (Å²) in [5.74, 6) is -0.810. The van der Waals surface area contributed by atoms with E-state index in [4.69, 9.17) is 0 Å². The molecule has 27 heavy (non-hydrogen) atoms. The number of nitrogens with zero attached hydrogens (tertiary/aromatic N) is 3. The number of carboxylic acids is 1. The van der Waals surface area contributed by atoms with Crippen LogP contribution in [-0.2, 0) is 4.79 Å². The fourth-order valence-electron chi connectivity index (χ4n) is 4.77. The molecule has 2 heterocycles. The average molecular weight is 367 g/mol. The molecule has 1 N–H and O–H groups in total. The van der Waals surface area contributed by atoms with Gasteiger partial charge in [-0.2, -0.15) is 5.10 Å². The third-order valence-corrected chi connectivity index (χ3v) is 6.42. The van der Waals surface area contributed by atoms with Gasteiger partial charge in [0.25, 0.3) is 5.91 Å². The second-order valence-corrected chi connectivity index (χ2v) is 8.08. The number of aromatic nitrogens is 2. The number of aryl methyl sites for hydroxylation is 2. The van der Waals surface area contributed by atoms with E-state index in [2.05, 4.69) is 17.2 Å². The summed E-state index contributed by atoms with van der Waals surface area (Å²) in [6, 6.07) is 6.16. The van der Waals surface area contributed by atoms with Crippen LogP contribution < -0.4 is 0 Å². The number of carbonyl (C=O) groups excluding carboxylic acids is 1. The van der Waals surface area contributed by atoms with Gasteiger partial charge >= 0.3 is 5.97 Å². The van der Waals surface area contributed by atoms with Crippen LogP contribution in [-0.4, -0.2) is 44.8 Å². The van der Waals surface area contributed by atoms with Gasteiger partial charge in [0.1, 0.15) is 0 Å². The highest BCUT2D eigenvalue weighted by Gasteiger charge is 2.56. The minimum atomic E-state index is -0.761. The maximum absolute atomic E-state index is 13.1. The zero-order valence-electron chi connectivity index (χ0n) is 16.0. The van der Waals surface area contributed by atoms with Gasteiger partial charge in [0.2, 0.25) is 0 Å². The van der Waals surface area contributed by atoms with Gasteiger partial charge in [0.15, 0.2) is 0 Å². The summed E-state index contributed by atoms with van der Waals surface area (Å²) < 4.78 is 1.80. The number of amides is 1. The van der Waals surface area contributed by atoms with Crippen LogP contribution in [0, 0.1) is 32.1 Å². The Hall–Kier alpha value is -2.63. The SMILES string of the molecule is Cc1ccc(C)c(-n2ncc(C(=O)N3C[C@@H]4CCC[C@@]4(C(=O)O)C3)c2C)c1. The Morgan fingerprint density at radius 2 is 2.04 bits per heavy atom. The first kappa shape index (κ1) is 17.8. The highest BCUT2D eigenvalue weighted by Crippen LogP contribution is 2.49. The number of hydrogen-bond acceptors (Lipinski definition) is 3.